The van der Waals surface area contributed by atoms with Crippen molar-refractivity contribution in [3.05, 3.63) is 5.01 Å². The molecule has 0 saturated heterocycles. The van der Waals surface area contributed by atoms with Crippen LogP contribution in [0.25, 0.3) is 0 Å². The van der Waals surface area contributed by atoms with Gasteiger partial charge >= 0.3 is 0 Å². The number of rotatable bonds is 2. The second-order valence-electron chi connectivity index (χ2n) is 2.92. The molecule has 0 spiro atoms. The Balaban J connectivity index is 2.57. The fourth-order valence-electron chi connectivity index (χ4n) is 0.609. The van der Waals surface area contributed by atoms with Crippen LogP contribution in [0.1, 0.15) is 18.9 Å². The largest absolute Gasteiger partial charge is 0.325 e. The first-order chi connectivity index (χ1) is 4.58. The smallest absolute Gasteiger partial charge is 0.139 e. The topological polar surface area (TPSA) is 64.7 Å². The maximum Gasteiger partial charge on any atom is 0.139 e. The summed E-state index contributed by atoms with van der Waals surface area (Å²) in [6, 6.07) is 0. The SMILES string of the molecule is CC(C)(N)Cc1nnns1. The molecule has 0 fully saturated rings. The molecule has 1 heterocycles. The lowest BCUT2D eigenvalue weighted by atomic mass is 10.0. The van der Waals surface area contributed by atoms with Gasteiger partial charge in [0.05, 0.1) is 0 Å². The highest BCUT2D eigenvalue weighted by atomic mass is 32.1. The van der Waals surface area contributed by atoms with E-state index in [1.807, 2.05) is 13.8 Å². The highest BCUT2D eigenvalue weighted by Crippen LogP contribution is 2.08. The van der Waals surface area contributed by atoms with Gasteiger partial charge in [-0.25, -0.2) is 0 Å². The summed E-state index contributed by atoms with van der Waals surface area (Å²) in [6.07, 6.45) is 0.741. The summed E-state index contributed by atoms with van der Waals surface area (Å²) in [5, 5.41) is 8.14. The summed E-state index contributed by atoms with van der Waals surface area (Å²) in [5.74, 6) is 0. The quantitative estimate of drug-likeness (QED) is 0.668. The van der Waals surface area contributed by atoms with Gasteiger partial charge in [0.2, 0.25) is 0 Å². The molecule has 0 radical (unpaired) electrons. The Bertz CT molecular complexity index is 188. The van der Waals surface area contributed by atoms with E-state index in [2.05, 4.69) is 14.8 Å². The predicted octanol–water partition coefficient (Wildman–Crippen LogP) is 0.213. The number of nitrogens with zero attached hydrogens (tertiary/aromatic N) is 3. The average molecular weight is 158 g/mol. The first-order valence-electron chi connectivity index (χ1n) is 3.01. The van der Waals surface area contributed by atoms with Crippen molar-refractivity contribution in [2.75, 3.05) is 0 Å². The van der Waals surface area contributed by atoms with Gasteiger partial charge in [0, 0.05) is 23.5 Å². The van der Waals surface area contributed by atoms with Gasteiger partial charge in [-0.05, 0) is 19.1 Å². The number of hydrogen-bond donors (Lipinski definition) is 1. The zero-order valence-corrected chi connectivity index (χ0v) is 6.85. The van der Waals surface area contributed by atoms with E-state index in [4.69, 9.17) is 5.73 Å². The van der Waals surface area contributed by atoms with Crippen molar-refractivity contribution >= 4 is 11.5 Å². The lowest BCUT2D eigenvalue weighted by Crippen LogP contribution is -2.34. The molecule has 0 aliphatic heterocycles. The summed E-state index contributed by atoms with van der Waals surface area (Å²) >= 11 is 1.30. The normalized spacial score (nSPS) is 11.9. The minimum absolute atomic E-state index is 0.207. The molecule has 10 heavy (non-hydrogen) atoms. The van der Waals surface area contributed by atoms with Crippen LogP contribution in [0.15, 0.2) is 0 Å². The Morgan fingerprint density at radius 1 is 1.60 bits per heavy atom. The molecule has 1 aromatic rings. The van der Waals surface area contributed by atoms with Crippen LogP contribution in [0.4, 0.5) is 0 Å². The number of hydrogen-bond acceptors (Lipinski definition) is 5. The molecular weight excluding hydrogens is 148 g/mol. The first-order valence-corrected chi connectivity index (χ1v) is 3.78. The summed E-state index contributed by atoms with van der Waals surface area (Å²) in [6.45, 7) is 3.91. The standard InChI is InChI=1S/C5H10N4S/c1-5(2,6)3-4-7-8-9-10-4/h3,6H2,1-2H3. The van der Waals surface area contributed by atoms with Crippen LogP contribution >= 0.6 is 11.5 Å². The third-order valence-corrected chi connectivity index (χ3v) is 1.54. The molecule has 0 amide bonds. The highest BCUT2D eigenvalue weighted by molar-refractivity contribution is 7.05. The van der Waals surface area contributed by atoms with E-state index in [-0.39, 0.29) is 5.54 Å². The van der Waals surface area contributed by atoms with E-state index >= 15 is 0 Å². The van der Waals surface area contributed by atoms with E-state index in [1.54, 1.807) is 0 Å². The molecule has 5 heteroatoms. The molecule has 0 atom stereocenters. The van der Waals surface area contributed by atoms with E-state index < -0.39 is 0 Å². The van der Waals surface area contributed by atoms with Gasteiger partial charge in [-0.2, -0.15) is 0 Å². The number of aromatic nitrogens is 3. The van der Waals surface area contributed by atoms with E-state index in [0.717, 1.165) is 11.4 Å². The lowest BCUT2D eigenvalue weighted by molar-refractivity contribution is 0.513. The Morgan fingerprint density at radius 3 is 2.70 bits per heavy atom. The molecule has 0 aliphatic rings. The summed E-state index contributed by atoms with van der Waals surface area (Å²) in [4.78, 5) is 0. The fraction of sp³-hybridized carbons (Fsp3) is 0.800. The molecule has 4 nitrogen and oxygen atoms in total. The van der Waals surface area contributed by atoms with Crippen molar-refractivity contribution in [3.8, 4) is 0 Å². The predicted molar refractivity (Wildman–Crippen MR) is 39.7 cm³/mol. The Kier molecular flexibility index (Phi) is 1.96. The van der Waals surface area contributed by atoms with E-state index in [0.29, 0.717) is 0 Å². The number of nitrogens with two attached hydrogens (primary N) is 1. The Morgan fingerprint density at radius 2 is 2.30 bits per heavy atom. The third-order valence-electron chi connectivity index (χ3n) is 0.946. The maximum absolute atomic E-state index is 5.74. The van der Waals surface area contributed by atoms with Crippen LogP contribution in [-0.4, -0.2) is 20.3 Å². The molecule has 0 aromatic carbocycles. The Labute approximate surface area is 63.6 Å². The first kappa shape index (κ1) is 7.56. The van der Waals surface area contributed by atoms with Crippen molar-refractivity contribution in [1.29, 1.82) is 0 Å². The molecular formula is C5H10N4S. The van der Waals surface area contributed by atoms with Crippen molar-refractivity contribution in [3.63, 3.8) is 0 Å². The average Bonchev–Trinajstić information content (AvgIpc) is 2.12. The minimum Gasteiger partial charge on any atom is -0.325 e. The van der Waals surface area contributed by atoms with Gasteiger partial charge in [-0.3, -0.25) is 0 Å². The summed E-state index contributed by atoms with van der Waals surface area (Å²) < 4.78 is 3.63. The van der Waals surface area contributed by atoms with Crippen LogP contribution in [-0.2, 0) is 6.42 Å². The fourth-order valence-corrected chi connectivity index (χ4v) is 1.29. The molecule has 0 saturated carbocycles. The van der Waals surface area contributed by atoms with Gasteiger partial charge < -0.3 is 5.73 Å². The summed E-state index contributed by atoms with van der Waals surface area (Å²) in [7, 11) is 0. The van der Waals surface area contributed by atoms with Crippen molar-refractivity contribution in [1.82, 2.24) is 14.8 Å². The second kappa shape index (κ2) is 2.59. The molecule has 56 valence electrons. The molecule has 0 unspecified atom stereocenters. The second-order valence-corrected chi connectivity index (χ2v) is 3.74. The van der Waals surface area contributed by atoms with Crippen LogP contribution in [0, 0.1) is 0 Å². The van der Waals surface area contributed by atoms with Crippen molar-refractivity contribution in [2.24, 2.45) is 5.73 Å². The Hall–Kier alpha value is -0.550. The van der Waals surface area contributed by atoms with Gasteiger partial charge in [0.1, 0.15) is 5.01 Å². The van der Waals surface area contributed by atoms with Crippen LogP contribution < -0.4 is 5.73 Å². The van der Waals surface area contributed by atoms with Crippen molar-refractivity contribution < 1.29 is 0 Å². The van der Waals surface area contributed by atoms with Crippen LogP contribution in [0.3, 0.4) is 0 Å². The van der Waals surface area contributed by atoms with Crippen LogP contribution in [0.5, 0.6) is 0 Å². The molecule has 2 N–H and O–H groups in total. The van der Waals surface area contributed by atoms with E-state index in [1.165, 1.54) is 11.5 Å². The monoisotopic (exact) mass is 158 g/mol. The van der Waals surface area contributed by atoms with Gasteiger partial charge in [0.25, 0.3) is 0 Å². The maximum atomic E-state index is 5.74. The molecule has 0 bridgehead atoms. The molecule has 0 aliphatic carbocycles. The lowest BCUT2D eigenvalue weighted by Gasteiger charge is -2.14. The zero-order chi connectivity index (χ0) is 7.61. The van der Waals surface area contributed by atoms with Gasteiger partial charge in [-0.15, -0.1) is 5.10 Å². The third kappa shape index (κ3) is 2.36. The minimum atomic E-state index is -0.207. The van der Waals surface area contributed by atoms with Crippen molar-refractivity contribution in [2.45, 2.75) is 25.8 Å². The highest BCUT2D eigenvalue weighted by Gasteiger charge is 2.13. The molecule has 1 aromatic heterocycles. The van der Waals surface area contributed by atoms with Gasteiger partial charge in [-0.1, -0.05) is 4.49 Å². The van der Waals surface area contributed by atoms with Gasteiger partial charge in [0.15, 0.2) is 0 Å². The molecule has 1 rings (SSSR count). The van der Waals surface area contributed by atoms with Crippen LogP contribution in [0.2, 0.25) is 0 Å². The van der Waals surface area contributed by atoms with E-state index in [9.17, 15) is 0 Å². The zero-order valence-electron chi connectivity index (χ0n) is 6.03. The summed E-state index contributed by atoms with van der Waals surface area (Å²) in [5.41, 5.74) is 5.53.